The van der Waals surface area contributed by atoms with Crippen molar-refractivity contribution in [1.82, 2.24) is 0 Å². The normalized spacial score (nSPS) is 20.1. The molecule has 2 aromatic rings. The van der Waals surface area contributed by atoms with Crippen molar-refractivity contribution in [2.45, 2.75) is 57.5 Å². The quantitative estimate of drug-likeness (QED) is 0.450. The molecule has 1 aliphatic carbocycles. The van der Waals surface area contributed by atoms with Gasteiger partial charge < -0.3 is 0 Å². The molecule has 158 valence electrons. The highest BCUT2D eigenvalue weighted by molar-refractivity contribution is 5.35. The van der Waals surface area contributed by atoms with E-state index in [-0.39, 0.29) is 11.5 Å². The maximum atomic E-state index is 14.6. The fourth-order valence-corrected chi connectivity index (χ4v) is 4.13. The summed E-state index contributed by atoms with van der Waals surface area (Å²) in [5.74, 6) is -4.66. The molecule has 3 rings (SSSR count). The van der Waals surface area contributed by atoms with Gasteiger partial charge in [-0.05, 0) is 72.9 Å². The topological polar surface area (TPSA) is 0 Å². The fourth-order valence-electron chi connectivity index (χ4n) is 4.13. The molecule has 0 N–H and O–H groups in total. The van der Waals surface area contributed by atoms with E-state index in [1.165, 1.54) is 12.1 Å². The minimum absolute atomic E-state index is 0.0526. The van der Waals surface area contributed by atoms with Crippen LogP contribution in [0.3, 0.4) is 0 Å². The molecule has 2 aromatic carbocycles. The summed E-state index contributed by atoms with van der Waals surface area (Å²) in [5.41, 5.74) is -2.17. The van der Waals surface area contributed by atoms with E-state index in [4.69, 9.17) is 0 Å². The van der Waals surface area contributed by atoms with Gasteiger partial charge in [-0.2, -0.15) is 13.2 Å². The molecule has 0 atom stereocenters. The summed E-state index contributed by atoms with van der Waals surface area (Å²) in [6, 6.07) is 3.38. The van der Waals surface area contributed by atoms with Gasteiger partial charge in [-0.15, -0.1) is 0 Å². The molecule has 1 saturated carbocycles. The summed E-state index contributed by atoms with van der Waals surface area (Å²) in [6.45, 7) is 2.12. The molecule has 7 heteroatoms. The molecule has 0 aliphatic heterocycles. The van der Waals surface area contributed by atoms with Gasteiger partial charge in [-0.25, -0.2) is 17.6 Å². The Labute approximate surface area is 164 Å². The van der Waals surface area contributed by atoms with Crippen molar-refractivity contribution >= 4 is 0 Å². The molecular weight excluding hydrogens is 397 g/mol. The Morgan fingerprint density at radius 2 is 1.31 bits per heavy atom. The lowest BCUT2D eigenvalue weighted by molar-refractivity contribution is -0.142. The summed E-state index contributed by atoms with van der Waals surface area (Å²) in [5, 5.41) is 0. The van der Waals surface area contributed by atoms with Crippen LogP contribution in [0.25, 0.3) is 0 Å². The summed E-state index contributed by atoms with van der Waals surface area (Å²) in [6.07, 6.45) is -0.993. The van der Waals surface area contributed by atoms with E-state index >= 15 is 0 Å². The number of hydrogen-bond donors (Lipinski definition) is 0. The third kappa shape index (κ3) is 4.75. The molecule has 0 amide bonds. The van der Waals surface area contributed by atoms with Crippen LogP contribution in [-0.2, 0) is 12.6 Å². The zero-order valence-electron chi connectivity index (χ0n) is 15.9. The highest BCUT2D eigenvalue weighted by atomic mass is 19.4. The van der Waals surface area contributed by atoms with E-state index in [0.717, 1.165) is 32.1 Å². The van der Waals surface area contributed by atoms with Crippen molar-refractivity contribution in [3.8, 4) is 0 Å². The smallest absolute Gasteiger partial charge is 0.207 e. The zero-order chi connectivity index (χ0) is 21.3. The average molecular weight is 418 g/mol. The van der Waals surface area contributed by atoms with Crippen molar-refractivity contribution in [3.63, 3.8) is 0 Å². The molecule has 0 radical (unpaired) electrons. The number of alkyl halides is 3. The average Bonchev–Trinajstić information content (AvgIpc) is 2.63. The van der Waals surface area contributed by atoms with Gasteiger partial charge in [0.05, 0.1) is 0 Å². The molecule has 0 bridgehead atoms. The van der Waals surface area contributed by atoms with Crippen molar-refractivity contribution in [3.05, 3.63) is 69.8 Å². The highest BCUT2D eigenvalue weighted by Crippen LogP contribution is 2.38. The van der Waals surface area contributed by atoms with Gasteiger partial charge in [0.1, 0.15) is 28.8 Å². The minimum atomic E-state index is -5.19. The Kier molecular flexibility index (Phi) is 6.24. The van der Waals surface area contributed by atoms with Gasteiger partial charge in [0.2, 0.25) is 0 Å². The Morgan fingerprint density at radius 1 is 0.793 bits per heavy atom. The molecule has 0 aromatic heterocycles. The van der Waals surface area contributed by atoms with Crippen LogP contribution in [-0.4, -0.2) is 0 Å². The number of benzene rings is 2. The number of rotatable bonds is 4. The summed E-state index contributed by atoms with van der Waals surface area (Å²) < 4.78 is 94.6. The maximum Gasteiger partial charge on any atom is 0.422 e. The van der Waals surface area contributed by atoms with Crippen LogP contribution in [0.5, 0.6) is 0 Å². The fraction of sp³-hybridized carbons (Fsp3) is 0.455. The lowest BCUT2D eigenvalue weighted by Crippen LogP contribution is -2.14. The van der Waals surface area contributed by atoms with Crippen LogP contribution in [0, 0.1) is 29.2 Å². The summed E-state index contributed by atoms with van der Waals surface area (Å²) in [4.78, 5) is 0. The monoisotopic (exact) mass is 418 g/mol. The summed E-state index contributed by atoms with van der Waals surface area (Å²) in [7, 11) is 0. The van der Waals surface area contributed by atoms with Crippen LogP contribution in [0.1, 0.15) is 67.2 Å². The molecule has 0 saturated heterocycles. The molecule has 29 heavy (non-hydrogen) atoms. The first kappa shape index (κ1) is 21.7. The lowest BCUT2D eigenvalue weighted by atomic mass is 9.77. The van der Waals surface area contributed by atoms with Gasteiger partial charge in [-0.1, -0.05) is 13.3 Å². The van der Waals surface area contributed by atoms with Gasteiger partial charge >= 0.3 is 6.18 Å². The Morgan fingerprint density at radius 3 is 1.76 bits per heavy atom. The van der Waals surface area contributed by atoms with E-state index in [0.29, 0.717) is 23.6 Å². The summed E-state index contributed by atoms with van der Waals surface area (Å²) >= 11 is 0. The first-order valence-electron chi connectivity index (χ1n) is 9.63. The predicted molar refractivity (Wildman–Crippen MR) is 95.5 cm³/mol. The standard InChI is InChI=1S/C22H21F7/c1-2-12-3-5-14(6-4-12)15-10-17(23)16(18(24)11-15)7-13-8-19(25)21(20(26)9-13)22(27,28)29/h8-12,14H,2-7H2,1H3. The zero-order valence-corrected chi connectivity index (χ0v) is 15.9. The van der Waals surface area contributed by atoms with Gasteiger partial charge in [0, 0.05) is 12.0 Å². The Hall–Kier alpha value is -2.05. The van der Waals surface area contributed by atoms with Crippen LogP contribution in [0.15, 0.2) is 24.3 Å². The molecule has 1 fully saturated rings. The van der Waals surface area contributed by atoms with Crippen LogP contribution < -0.4 is 0 Å². The van der Waals surface area contributed by atoms with Crippen molar-refractivity contribution in [2.75, 3.05) is 0 Å². The second-order valence-corrected chi connectivity index (χ2v) is 7.70. The van der Waals surface area contributed by atoms with Crippen LogP contribution >= 0.6 is 0 Å². The molecule has 1 aliphatic rings. The van der Waals surface area contributed by atoms with Gasteiger partial charge in [-0.3, -0.25) is 0 Å². The molecule has 0 unspecified atom stereocenters. The van der Waals surface area contributed by atoms with E-state index in [1.54, 1.807) is 0 Å². The SMILES string of the molecule is CCC1CCC(c2cc(F)c(Cc3cc(F)c(C(F)(F)F)c(F)c3)c(F)c2)CC1. The molecular formula is C22H21F7. The maximum absolute atomic E-state index is 14.6. The largest absolute Gasteiger partial charge is 0.422 e. The first-order chi connectivity index (χ1) is 13.6. The van der Waals surface area contributed by atoms with E-state index in [9.17, 15) is 30.7 Å². The second-order valence-electron chi connectivity index (χ2n) is 7.70. The predicted octanol–water partition coefficient (Wildman–Crippen LogP) is 7.54. The Balaban J connectivity index is 1.84. The van der Waals surface area contributed by atoms with E-state index < -0.39 is 47.0 Å². The number of halogens is 7. The molecule has 0 nitrogen and oxygen atoms in total. The van der Waals surface area contributed by atoms with Crippen molar-refractivity contribution in [1.29, 1.82) is 0 Å². The second kappa shape index (κ2) is 8.36. The van der Waals surface area contributed by atoms with Gasteiger partial charge in [0.15, 0.2) is 0 Å². The van der Waals surface area contributed by atoms with Crippen LogP contribution in [0.2, 0.25) is 0 Å². The molecule has 0 spiro atoms. The third-order valence-electron chi connectivity index (χ3n) is 5.83. The Bertz CT molecular complexity index is 831. The third-order valence-corrected chi connectivity index (χ3v) is 5.83. The van der Waals surface area contributed by atoms with E-state index in [2.05, 4.69) is 6.92 Å². The van der Waals surface area contributed by atoms with Crippen molar-refractivity contribution < 1.29 is 30.7 Å². The van der Waals surface area contributed by atoms with E-state index in [1.807, 2.05) is 0 Å². The molecule has 0 heterocycles. The highest BCUT2D eigenvalue weighted by Gasteiger charge is 2.38. The number of hydrogen-bond acceptors (Lipinski definition) is 0. The van der Waals surface area contributed by atoms with Crippen LogP contribution in [0.4, 0.5) is 30.7 Å². The van der Waals surface area contributed by atoms with Crippen molar-refractivity contribution in [2.24, 2.45) is 5.92 Å². The first-order valence-corrected chi connectivity index (χ1v) is 9.63. The lowest BCUT2D eigenvalue weighted by Gasteiger charge is -2.28. The van der Waals surface area contributed by atoms with Gasteiger partial charge in [0.25, 0.3) is 0 Å². The minimum Gasteiger partial charge on any atom is -0.207 e.